The van der Waals surface area contributed by atoms with E-state index in [0.29, 0.717) is 24.5 Å². The number of nitrogens with one attached hydrogen (secondary N) is 1. The van der Waals surface area contributed by atoms with E-state index in [4.69, 9.17) is 8.32 Å². The third kappa shape index (κ3) is 19.9. The number of amides is 2. The summed E-state index contributed by atoms with van der Waals surface area (Å²) in [5, 5.41) is 0. The second-order valence-corrected chi connectivity index (χ2v) is 0.700. The summed E-state index contributed by atoms with van der Waals surface area (Å²) in [4.78, 5) is 9.40. The summed E-state index contributed by atoms with van der Waals surface area (Å²) in [5.74, 6) is 0. The van der Waals surface area contributed by atoms with Crippen molar-refractivity contribution in [2.45, 2.75) is 0 Å². The van der Waals surface area contributed by atoms with E-state index >= 15 is 0 Å². The maximum absolute atomic E-state index is 9.40. The number of urea groups is 1. The first-order valence-electron chi connectivity index (χ1n) is 1.18. The van der Waals surface area contributed by atoms with Gasteiger partial charge in [0.2, 0.25) is 0 Å². The number of nitrogens with two attached hydrogens (primary N) is 1. The second-order valence-electron chi connectivity index (χ2n) is 0.476. The molecule has 0 aromatic carbocycles. The van der Waals surface area contributed by atoms with E-state index in [1.54, 1.807) is 0 Å². The van der Waals surface area contributed by atoms with Gasteiger partial charge in [-0.25, -0.2) is 4.79 Å². The molecule has 0 bridgehead atoms. The molecule has 0 unspecified atom stereocenters. The maximum atomic E-state index is 9.40. The topological polar surface area (TPSA) is 55.1 Å². The van der Waals surface area contributed by atoms with E-state index in [9.17, 15) is 4.79 Å². The number of hydrogen-bond donors (Lipinski definition) is 3. The standard InChI is InChI=1S/CH4N2OS.ClH.Pb.H/c2-1(4)3-5;;;/h5H,(H3,2,3,4);1H;;/q;;+1;/p-1. The van der Waals surface area contributed by atoms with Gasteiger partial charge in [0.05, 0.1) is 0 Å². The molecule has 3 N–H and O–H groups in total. The van der Waals surface area contributed by atoms with Gasteiger partial charge in [-0.05, 0) is 0 Å². The second kappa shape index (κ2) is 9.95. The molecule has 7 heavy (non-hydrogen) atoms. The minimum absolute atomic E-state index is 0.631. The Morgan fingerprint density at radius 1 is 1.86 bits per heavy atom. The van der Waals surface area contributed by atoms with Crippen molar-refractivity contribution in [2.24, 2.45) is 5.73 Å². The van der Waals surface area contributed by atoms with Crippen LogP contribution in [0.2, 0.25) is 0 Å². The fourth-order valence-electron chi connectivity index (χ4n) is 0. The molecule has 0 aromatic heterocycles. The number of rotatable bonds is 0. The van der Waals surface area contributed by atoms with E-state index in [2.05, 4.69) is 18.5 Å². The number of carbonyl (C=O) groups is 1. The Balaban J connectivity index is 0. The molecule has 0 aromatic rings. The average Bonchev–Trinajstić information content (AvgIpc) is 1.73. The normalized spacial score (nSPS) is 5.57. The monoisotopic (exact) mass is 336 g/mol. The van der Waals surface area contributed by atoms with Crippen molar-refractivity contribution in [2.75, 3.05) is 0 Å². The SMILES string of the molecule is NC(=O)NS.[Cl][PbH]. The number of thiol groups is 1. The van der Waals surface area contributed by atoms with Crippen LogP contribution in [0.4, 0.5) is 4.79 Å². The molecule has 0 heterocycles. The molecule has 2 radical (unpaired) electrons. The van der Waals surface area contributed by atoms with Crippen molar-refractivity contribution in [3.8, 4) is 0 Å². The molecule has 6 heteroatoms. The quantitative estimate of drug-likeness (QED) is 0.407. The summed E-state index contributed by atoms with van der Waals surface area (Å²) in [5.41, 5.74) is 4.47. The van der Waals surface area contributed by atoms with E-state index in [0.717, 1.165) is 0 Å². The Kier molecular flexibility index (Phi) is 15.3. The molecule has 3 nitrogen and oxygen atoms in total. The van der Waals surface area contributed by atoms with Gasteiger partial charge in [-0.3, -0.25) is 4.72 Å². The fraction of sp³-hybridized carbons (Fsp3) is 0. The summed E-state index contributed by atoms with van der Waals surface area (Å²) >= 11 is 3.93. The van der Waals surface area contributed by atoms with Crippen LogP contribution in [-0.2, 0) is 0 Å². The van der Waals surface area contributed by atoms with E-state index in [1.807, 2.05) is 4.72 Å². The first-order valence-corrected chi connectivity index (χ1v) is 7.16. The van der Waals surface area contributed by atoms with Gasteiger partial charge < -0.3 is 5.73 Å². The number of halogens is 1. The minimum atomic E-state index is -0.631. The van der Waals surface area contributed by atoms with Crippen LogP contribution < -0.4 is 10.5 Å². The van der Waals surface area contributed by atoms with Crippen molar-refractivity contribution in [1.29, 1.82) is 0 Å². The van der Waals surface area contributed by atoms with Crippen LogP contribution in [-0.4, -0.2) is 30.6 Å². The van der Waals surface area contributed by atoms with Gasteiger partial charge in [0.15, 0.2) is 0 Å². The summed E-state index contributed by atoms with van der Waals surface area (Å²) in [6, 6.07) is -0.631. The summed E-state index contributed by atoms with van der Waals surface area (Å²) < 4.78 is 1.86. The van der Waals surface area contributed by atoms with Crippen LogP contribution in [0.15, 0.2) is 0 Å². The third-order valence-corrected chi connectivity index (χ3v) is 0.331. The van der Waals surface area contributed by atoms with Crippen molar-refractivity contribution in [3.05, 3.63) is 0 Å². The molecular weight excluding hydrogens is 331 g/mol. The molecule has 0 rings (SSSR count). The van der Waals surface area contributed by atoms with Crippen LogP contribution in [0.1, 0.15) is 0 Å². The Bertz CT molecular complexity index is 53.0. The zero-order chi connectivity index (χ0) is 6.28. The number of primary amides is 1. The summed E-state index contributed by atoms with van der Waals surface area (Å²) in [6.07, 6.45) is 0. The zero-order valence-electron chi connectivity index (χ0n) is 3.39. The molecule has 0 aliphatic carbocycles. The van der Waals surface area contributed by atoms with Gasteiger partial charge >= 0.3 is 38.9 Å². The van der Waals surface area contributed by atoms with Gasteiger partial charge in [-0.15, -0.1) is 0 Å². The van der Waals surface area contributed by atoms with Gasteiger partial charge in [0.1, 0.15) is 0 Å². The predicted molar refractivity (Wildman–Crippen MR) is 34.7 cm³/mol. The molecular formula is CH5ClN2OPbS. The van der Waals surface area contributed by atoms with Crippen molar-refractivity contribution < 1.29 is 4.79 Å². The first kappa shape index (κ1) is 10.7. The van der Waals surface area contributed by atoms with Gasteiger partial charge in [-0.1, -0.05) is 12.8 Å². The summed E-state index contributed by atoms with van der Waals surface area (Å²) in [7, 11) is 4.81. The van der Waals surface area contributed by atoms with Gasteiger partial charge in [0.25, 0.3) is 0 Å². The van der Waals surface area contributed by atoms with Crippen LogP contribution in [0, 0.1) is 0 Å². The Hall–Kier alpha value is 0.832. The predicted octanol–water partition coefficient (Wildman–Crippen LogP) is -0.459. The molecule has 0 fully saturated rings. The molecule has 42 valence electrons. The number of hydrogen-bond acceptors (Lipinski definition) is 2. The van der Waals surface area contributed by atoms with Crippen LogP contribution in [0.25, 0.3) is 0 Å². The van der Waals surface area contributed by atoms with Gasteiger partial charge in [-0.2, -0.15) is 0 Å². The third-order valence-electron chi connectivity index (χ3n) is 0.110. The molecule has 2 amide bonds. The fourth-order valence-corrected chi connectivity index (χ4v) is 0. The van der Waals surface area contributed by atoms with E-state index in [1.165, 1.54) is 0 Å². The first-order chi connectivity index (χ1) is 3.27. The summed E-state index contributed by atoms with van der Waals surface area (Å²) in [6.45, 7) is 0. The molecule has 0 aliphatic rings. The molecule has 0 saturated carbocycles. The van der Waals surface area contributed by atoms with Gasteiger partial charge in [0, 0.05) is 0 Å². The van der Waals surface area contributed by atoms with Crippen molar-refractivity contribution in [3.63, 3.8) is 0 Å². The van der Waals surface area contributed by atoms with Crippen LogP contribution in [0.5, 0.6) is 0 Å². The number of carbonyl (C=O) groups excluding carboxylic acids is 1. The molecule has 0 saturated heterocycles. The van der Waals surface area contributed by atoms with Crippen molar-refractivity contribution >= 4 is 51.7 Å². The Morgan fingerprint density at radius 3 is 2.00 bits per heavy atom. The van der Waals surface area contributed by atoms with E-state index in [-0.39, 0.29) is 0 Å². The van der Waals surface area contributed by atoms with Crippen molar-refractivity contribution in [1.82, 2.24) is 4.72 Å². The Labute approximate surface area is 66.7 Å². The molecule has 0 atom stereocenters. The van der Waals surface area contributed by atoms with E-state index < -0.39 is 6.03 Å². The zero-order valence-corrected chi connectivity index (χ0v) is 9.53. The van der Waals surface area contributed by atoms with Crippen LogP contribution >= 0.6 is 21.1 Å². The molecule has 0 spiro atoms. The average molecular weight is 336 g/mol. The van der Waals surface area contributed by atoms with Crippen LogP contribution in [0.3, 0.4) is 0 Å². The molecule has 0 aliphatic heterocycles. The Morgan fingerprint density at radius 2 is 2.00 bits per heavy atom.